The first-order valence-corrected chi connectivity index (χ1v) is 7.61. The molecular weight excluding hydrogens is 284 g/mol. The predicted octanol–water partition coefficient (Wildman–Crippen LogP) is 3.40. The highest BCUT2D eigenvalue weighted by Crippen LogP contribution is 2.21. The zero-order chi connectivity index (χ0) is 15.1. The lowest BCUT2D eigenvalue weighted by Gasteiger charge is -2.07. The van der Waals surface area contributed by atoms with Gasteiger partial charge in [-0.1, -0.05) is 0 Å². The molecule has 0 aliphatic heterocycles. The van der Waals surface area contributed by atoms with E-state index in [0.717, 1.165) is 27.8 Å². The number of rotatable bonds is 6. The summed E-state index contributed by atoms with van der Waals surface area (Å²) in [5.41, 5.74) is 7.16. The highest BCUT2D eigenvalue weighted by atomic mass is 32.2. The highest BCUT2D eigenvalue weighted by Gasteiger charge is 1.98. The SMILES string of the molecule is CC(=O)Nc1ccc(SCCOc2ccc(N)cc2)cc1. The van der Waals surface area contributed by atoms with E-state index in [1.54, 1.807) is 11.8 Å². The van der Waals surface area contributed by atoms with Crippen molar-refractivity contribution in [3.63, 3.8) is 0 Å². The molecule has 4 nitrogen and oxygen atoms in total. The van der Waals surface area contributed by atoms with Gasteiger partial charge in [-0.15, -0.1) is 11.8 Å². The lowest BCUT2D eigenvalue weighted by atomic mass is 10.3. The summed E-state index contributed by atoms with van der Waals surface area (Å²) in [7, 11) is 0. The van der Waals surface area contributed by atoms with Crippen molar-refractivity contribution in [2.75, 3.05) is 23.4 Å². The maximum absolute atomic E-state index is 10.9. The van der Waals surface area contributed by atoms with Crippen LogP contribution in [0.3, 0.4) is 0 Å². The molecule has 0 spiro atoms. The van der Waals surface area contributed by atoms with E-state index in [-0.39, 0.29) is 5.91 Å². The average molecular weight is 302 g/mol. The number of hydrogen-bond donors (Lipinski definition) is 2. The Balaban J connectivity index is 1.73. The fraction of sp³-hybridized carbons (Fsp3) is 0.188. The maximum atomic E-state index is 10.9. The number of thioether (sulfide) groups is 1. The van der Waals surface area contributed by atoms with Crippen LogP contribution < -0.4 is 15.8 Å². The molecule has 0 saturated heterocycles. The number of anilines is 2. The van der Waals surface area contributed by atoms with Crippen LogP contribution in [0.15, 0.2) is 53.4 Å². The van der Waals surface area contributed by atoms with E-state index < -0.39 is 0 Å². The molecule has 0 aromatic heterocycles. The Labute approximate surface area is 128 Å². The summed E-state index contributed by atoms with van der Waals surface area (Å²) < 4.78 is 5.63. The van der Waals surface area contributed by atoms with Crippen molar-refractivity contribution < 1.29 is 9.53 Å². The molecule has 1 amide bonds. The first kappa shape index (κ1) is 15.3. The van der Waals surface area contributed by atoms with Crippen LogP contribution >= 0.6 is 11.8 Å². The number of nitrogens with two attached hydrogens (primary N) is 1. The number of amides is 1. The summed E-state index contributed by atoms with van der Waals surface area (Å²) in [6.45, 7) is 2.12. The van der Waals surface area contributed by atoms with E-state index in [9.17, 15) is 4.79 Å². The normalized spacial score (nSPS) is 10.1. The Morgan fingerprint density at radius 2 is 1.81 bits per heavy atom. The minimum Gasteiger partial charge on any atom is -0.493 e. The molecule has 0 atom stereocenters. The van der Waals surface area contributed by atoms with E-state index in [1.165, 1.54) is 6.92 Å². The van der Waals surface area contributed by atoms with Crippen LogP contribution in [-0.4, -0.2) is 18.3 Å². The second-order valence-electron chi connectivity index (χ2n) is 4.47. The number of ether oxygens (including phenoxy) is 1. The largest absolute Gasteiger partial charge is 0.493 e. The van der Waals surface area contributed by atoms with Crippen LogP contribution in [0.5, 0.6) is 5.75 Å². The number of benzene rings is 2. The molecule has 2 aromatic rings. The lowest BCUT2D eigenvalue weighted by molar-refractivity contribution is -0.114. The summed E-state index contributed by atoms with van der Waals surface area (Å²) in [4.78, 5) is 12.1. The van der Waals surface area contributed by atoms with E-state index in [0.29, 0.717) is 6.61 Å². The summed E-state index contributed by atoms with van der Waals surface area (Å²) in [6.07, 6.45) is 0. The third-order valence-electron chi connectivity index (χ3n) is 2.68. The molecule has 0 unspecified atom stereocenters. The molecule has 0 aliphatic carbocycles. The second-order valence-corrected chi connectivity index (χ2v) is 5.64. The Kier molecular flexibility index (Phi) is 5.51. The van der Waals surface area contributed by atoms with Gasteiger partial charge in [0.1, 0.15) is 5.75 Å². The number of nitrogen functional groups attached to an aromatic ring is 1. The van der Waals surface area contributed by atoms with Gasteiger partial charge in [-0.05, 0) is 48.5 Å². The van der Waals surface area contributed by atoms with Gasteiger partial charge in [0, 0.05) is 28.9 Å². The Morgan fingerprint density at radius 1 is 1.14 bits per heavy atom. The maximum Gasteiger partial charge on any atom is 0.221 e. The fourth-order valence-corrected chi connectivity index (χ4v) is 2.45. The number of carbonyl (C=O) groups is 1. The van der Waals surface area contributed by atoms with Gasteiger partial charge in [-0.2, -0.15) is 0 Å². The lowest BCUT2D eigenvalue weighted by Crippen LogP contribution is -2.05. The van der Waals surface area contributed by atoms with Crippen molar-refractivity contribution in [3.05, 3.63) is 48.5 Å². The summed E-state index contributed by atoms with van der Waals surface area (Å²) >= 11 is 1.71. The van der Waals surface area contributed by atoms with Crippen molar-refractivity contribution >= 4 is 29.0 Å². The van der Waals surface area contributed by atoms with Gasteiger partial charge >= 0.3 is 0 Å². The predicted molar refractivity (Wildman–Crippen MR) is 87.8 cm³/mol. The molecule has 0 saturated carbocycles. The second kappa shape index (κ2) is 7.59. The van der Waals surface area contributed by atoms with Crippen LogP contribution in [0.2, 0.25) is 0 Å². The third kappa shape index (κ3) is 5.39. The Morgan fingerprint density at radius 3 is 2.43 bits per heavy atom. The van der Waals surface area contributed by atoms with Crippen molar-refractivity contribution in [1.29, 1.82) is 0 Å². The molecule has 5 heteroatoms. The first-order chi connectivity index (χ1) is 10.1. The number of carbonyl (C=O) groups excluding carboxylic acids is 1. The monoisotopic (exact) mass is 302 g/mol. The molecule has 110 valence electrons. The average Bonchev–Trinajstić information content (AvgIpc) is 2.46. The highest BCUT2D eigenvalue weighted by molar-refractivity contribution is 7.99. The number of hydrogen-bond acceptors (Lipinski definition) is 4. The van der Waals surface area contributed by atoms with Crippen molar-refractivity contribution in [2.45, 2.75) is 11.8 Å². The Hall–Kier alpha value is -2.14. The minimum atomic E-state index is -0.0627. The molecule has 0 aliphatic rings. The molecule has 2 rings (SSSR count). The van der Waals surface area contributed by atoms with E-state index in [4.69, 9.17) is 10.5 Å². The molecule has 0 heterocycles. The van der Waals surface area contributed by atoms with Gasteiger partial charge in [0.15, 0.2) is 0 Å². The smallest absolute Gasteiger partial charge is 0.221 e. The van der Waals surface area contributed by atoms with E-state index in [2.05, 4.69) is 5.32 Å². The summed E-state index contributed by atoms with van der Waals surface area (Å²) in [5.74, 6) is 1.61. The topological polar surface area (TPSA) is 64.3 Å². The van der Waals surface area contributed by atoms with Gasteiger partial charge in [0.2, 0.25) is 5.91 Å². The van der Waals surface area contributed by atoms with Gasteiger partial charge < -0.3 is 15.8 Å². The molecule has 2 aromatic carbocycles. The van der Waals surface area contributed by atoms with Crippen LogP contribution in [0.1, 0.15) is 6.92 Å². The first-order valence-electron chi connectivity index (χ1n) is 6.62. The van der Waals surface area contributed by atoms with Gasteiger partial charge in [0.05, 0.1) is 6.61 Å². The molecule has 3 N–H and O–H groups in total. The van der Waals surface area contributed by atoms with Crippen LogP contribution in [0, 0.1) is 0 Å². The van der Waals surface area contributed by atoms with Crippen molar-refractivity contribution in [3.8, 4) is 5.75 Å². The summed E-state index contributed by atoms with van der Waals surface area (Å²) in [6, 6.07) is 15.1. The van der Waals surface area contributed by atoms with Crippen molar-refractivity contribution in [1.82, 2.24) is 0 Å². The fourth-order valence-electron chi connectivity index (χ4n) is 1.72. The quantitative estimate of drug-likeness (QED) is 0.487. The minimum absolute atomic E-state index is 0.0627. The van der Waals surface area contributed by atoms with Crippen LogP contribution in [0.25, 0.3) is 0 Å². The molecule has 21 heavy (non-hydrogen) atoms. The van der Waals surface area contributed by atoms with Crippen molar-refractivity contribution in [2.24, 2.45) is 0 Å². The van der Waals surface area contributed by atoms with Gasteiger partial charge in [-0.25, -0.2) is 0 Å². The standard InChI is InChI=1S/C16H18N2O2S/c1-12(19)18-14-4-8-16(9-5-14)21-11-10-20-15-6-2-13(17)3-7-15/h2-9H,10-11,17H2,1H3,(H,18,19). The molecule has 0 fully saturated rings. The van der Waals surface area contributed by atoms with Crippen LogP contribution in [-0.2, 0) is 4.79 Å². The number of nitrogens with one attached hydrogen (secondary N) is 1. The van der Waals surface area contributed by atoms with E-state index >= 15 is 0 Å². The molecule has 0 bridgehead atoms. The Bertz CT molecular complexity index is 582. The van der Waals surface area contributed by atoms with Crippen LogP contribution in [0.4, 0.5) is 11.4 Å². The zero-order valence-corrected chi connectivity index (χ0v) is 12.7. The van der Waals surface area contributed by atoms with Gasteiger partial charge in [-0.3, -0.25) is 4.79 Å². The zero-order valence-electron chi connectivity index (χ0n) is 11.8. The summed E-state index contributed by atoms with van der Waals surface area (Å²) in [5, 5.41) is 2.74. The third-order valence-corrected chi connectivity index (χ3v) is 3.65. The van der Waals surface area contributed by atoms with Gasteiger partial charge in [0.25, 0.3) is 0 Å². The molecular formula is C16H18N2O2S. The van der Waals surface area contributed by atoms with E-state index in [1.807, 2.05) is 48.5 Å². The molecule has 0 radical (unpaired) electrons.